The Labute approximate surface area is 115 Å². The molecule has 1 aliphatic rings. The summed E-state index contributed by atoms with van der Waals surface area (Å²) in [6.45, 7) is 6.26. The largest absolute Gasteiger partial charge is 0.356 e. The Hall–Kier alpha value is -1.39. The highest BCUT2D eigenvalue weighted by Gasteiger charge is 2.08. The number of hydrogen-bond acceptors (Lipinski definition) is 3. The summed E-state index contributed by atoms with van der Waals surface area (Å²) in [5.74, 6) is 0.117. The molecular weight excluding hydrogens is 238 g/mol. The number of amides is 1. The molecule has 1 heterocycles. The number of nitrogens with one attached hydrogen (secondary N) is 2. The van der Waals surface area contributed by atoms with E-state index in [2.05, 4.69) is 15.5 Å². The van der Waals surface area contributed by atoms with Crippen molar-refractivity contribution >= 4 is 5.91 Å². The lowest BCUT2D eigenvalue weighted by molar-refractivity contribution is -0.120. The molecule has 2 rings (SSSR count). The minimum absolute atomic E-state index is 0.117. The summed E-state index contributed by atoms with van der Waals surface area (Å²) in [5, 5.41) is 6.33. The predicted molar refractivity (Wildman–Crippen MR) is 77.1 cm³/mol. The fraction of sp³-hybridized carbons (Fsp3) is 0.533. The van der Waals surface area contributed by atoms with Crippen LogP contribution in [0.5, 0.6) is 0 Å². The van der Waals surface area contributed by atoms with E-state index in [1.54, 1.807) is 0 Å². The lowest BCUT2D eigenvalue weighted by Crippen LogP contribution is -2.44. The number of nitrogens with zero attached hydrogens (tertiary/aromatic N) is 1. The third-order valence-electron chi connectivity index (χ3n) is 3.39. The van der Waals surface area contributed by atoms with Crippen LogP contribution < -0.4 is 10.6 Å². The second-order valence-corrected chi connectivity index (χ2v) is 4.96. The fourth-order valence-electron chi connectivity index (χ4n) is 2.31. The molecule has 0 atom stereocenters. The average molecular weight is 261 g/mol. The number of hydrogen-bond donors (Lipinski definition) is 2. The molecule has 2 N–H and O–H groups in total. The van der Waals surface area contributed by atoms with Gasteiger partial charge in [0.1, 0.15) is 0 Å². The Morgan fingerprint density at radius 3 is 2.68 bits per heavy atom. The first-order valence-electron chi connectivity index (χ1n) is 7.08. The molecule has 0 spiro atoms. The van der Waals surface area contributed by atoms with Crippen LogP contribution in [0, 0.1) is 0 Å². The lowest BCUT2D eigenvalue weighted by Gasteiger charge is -2.27. The van der Waals surface area contributed by atoms with Crippen LogP contribution >= 0.6 is 0 Å². The van der Waals surface area contributed by atoms with Crippen molar-refractivity contribution in [3.05, 3.63) is 35.9 Å². The molecule has 0 aromatic heterocycles. The molecule has 104 valence electrons. The second kappa shape index (κ2) is 7.92. The molecule has 1 saturated heterocycles. The van der Waals surface area contributed by atoms with E-state index in [9.17, 15) is 4.79 Å². The van der Waals surface area contributed by atoms with Gasteiger partial charge >= 0.3 is 0 Å². The molecule has 19 heavy (non-hydrogen) atoms. The minimum atomic E-state index is 0.117. The van der Waals surface area contributed by atoms with Crippen LogP contribution in [0.1, 0.15) is 12.0 Å². The van der Waals surface area contributed by atoms with E-state index in [0.717, 1.165) is 51.3 Å². The van der Waals surface area contributed by atoms with Gasteiger partial charge in [-0.05, 0) is 18.5 Å². The average Bonchev–Trinajstić information content (AvgIpc) is 2.46. The molecular formula is C15H23N3O. The summed E-state index contributed by atoms with van der Waals surface area (Å²) in [6, 6.07) is 9.87. The highest BCUT2D eigenvalue weighted by Crippen LogP contribution is 1.99. The maximum Gasteiger partial charge on any atom is 0.224 e. The van der Waals surface area contributed by atoms with Crippen LogP contribution in [-0.4, -0.2) is 50.1 Å². The third-order valence-corrected chi connectivity index (χ3v) is 3.39. The van der Waals surface area contributed by atoms with Gasteiger partial charge in [-0.2, -0.15) is 0 Å². The Morgan fingerprint density at radius 1 is 1.21 bits per heavy atom. The first-order valence-corrected chi connectivity index (χ1v) is 7.08. The number of rotatable bonds is 6. The quantitative estimate of drug-likeness (QED) is 0.739. The van der Waals surface area contributed by atoms with Crippen molar-refractivity contribution < 1.29 is 4.79 Å². The zero-order chi connectivity index (χ0) is 13.3. The van der Waals surface area contributed by atoms with Gasteiger partial charge in [-0.3, -0.25) is 4.79 Å². The minimum Gasteiger partial charge on any atom is -0.356 e. The Balaban J connectivity index is 1.56. The third kappa shape index (κ3) is 5.41. The molecule has 1 aliphatic heterocycles. The van der Waals surface area contributed by atoms with Crippen LogP contribution in [0.15, 0.2) is 30.3 Å². The molecule has 0 bridgehead atoms. The summed E-state index contributed by atoms with van der Waals surface area (Å²) in [7, 11) is 0. The van der Waals surface area contributed by atoms with Gasteiger partial charge in [0.25, 0.3) is 0 Å². The van der Waals surface area contributed by atoms with Crippen molar-refractivity contribution in [2.24, 2.45) is 0 Å². The molecule has 4 nitrogen and oxygen atoms in total. The van der Waals surface area contributed by atoms with Gasteiger partial charge in [0.2, 0.25) is 5.91 Å². The van der Waals surface area contributed by atoms with Crippen LogP contribution in [-0.2, 0) is 11.2 Å². The summed E-state index contributed by atoms with van der Waals surface area (Å²) < 4.78 is 0. The first-order chi connectivity index (χ1) is 9.34. The topological polar surface area (TPSA) is 44.4 Å². The summed E-state index contributed by atoms with van der Waals surface area (Å²) in [4.78, 5) is 14.2. The van der Waals surface area contributed by atoms with Crippen molar-refractivity contribution in [1.82, 2.24) is 15.5 Å². The molecule has 1 aromatic rings. The molecule has 1 amide bonds. The number of carbonyl (C=O) groups excluding carboxylic acids is 1. The Kier molecular flexibility index (Phi) is 5.85. The van der Waals surface area contributed by atoms with Gasteiger partial charge in [0, 0.05) is 32.7 Å². The molecule has 0 unspecified atom stereocenters. The maximum atomic E-state index is 11.7. The van der Waals surface area contributed by atoms with E-state index in [-0.39, 0.29) is 5.91 Å². The number of benzene rings is 1. The van der Waals surface area contributed by atoms with E-state index in [1.165, 1.54) is 0 Å². The van der Waals surface area contributed by atoms with Crippen LogP contribution in [0.3, 0.4) is 0 Å². The van der Waals surface area contributed by atoms with Gasteiger partial charge in [-0.1, -0.05) is 30.3 Å². The van der Waals surface area contributed by atoms with E-state index in [0.29, 0.717) is 6.42 Å². The molecule has 1 fully saturated rings. The van der Waals surface area contributed by atoms with Gasteiger partial charge in [-0.15, -0.1) is 0 Å². The highest BCUT2D eigenvalue weighted by atomic mass is 16.1. The summed E-state index contributed by atoms with van der Waals surface area (Å²) in [6.07, 6.45) is 1.51. The molecule has 0 saturated carbocycles. The fourth-order valence-corrected chi connectivity index (χ4v) is 2.31. The summed E-state index contributed by atoms with van der Waals surface area (Å²) in [5.41, 5.74) is 1.07. The van der Waals surface area contributed by atoms with E-state index in [4.69, 9.17) is 0 Å². The van der Waals surface area contributed by atoms with Gasteiger partial charge in [-0.25, -0.2) is 0 Å². The normalized spacial score (nSPS) is 16.2. The molecule has 0 aliphatic carbocycles. The van der Waals surface area contributed by atoms with E-state index >= 15 is 0 Å². The van der Waals surface area contributed by atoms with Crippen molar-refractivity contribution in [2.45, 2.75) is 12.8 Å². The van der Waals surface area contributed by atoms with E-state index in [1.807, 2.05) is 30.3 Å². The Morgan fingerprint density at radius 2 is 1.95 bits per heavy atom. The van der Waals surface area contributed by atoms with Gasteiger partial charge in [0.05, 0.1) is 6.42 Å². The van der Waals surface area contributed by atoms with Crippen molar-refractivity contribution in [2.75, 3.05) is 39.3 Å². The second-order valence-electron chi connectivity index (χ2n) is 4.96. The monoisotopic (exact) mass is 261 g/mol. The highest BCUT2D eigenvalue weighted by molar-refractivity contribution is 5.78. The number of carbonyl (C=O) groups is 1. The summed E-state index contributed by atoms with van der Waals surface area (Å²) >= 11 is 0. The van der Waals surface area contributed by atoms with Crippen molar-refractivity contribution in [1.29, 1.82) is 0 Å². The standard InChI is InChI=1S/C15H23N3O/c19-15(13-14-5-2-1-3-6-14)17-7-4-10-18-11-8-16-9-12-18/h1-3,5-6,16H,4,7-13H2,(H,17,19). The zero-order valence-corrected chi connectivity index (χ0v) is 11.4. The zero-order valence-electron chi connectivity index (χ0n) is 11.4. The van der Waals surface area contributed by atoms with Gasteiger partial charge < -0.3 is 15.5 Å². The van der Waals surface area contributed by atoms with Crippen LogP contribution in [0.2, 0.25) is 0 Å². The number of piperazine rings is 1. The van der Waals surface area contributed by atoms with Crippen molar-refractivity contribution in [3.63, 3.8) is 0 Å². The molecule has 0 radical (unpaired) electrons. The first kappa shape index (κ1) is 14.0. The molecule has 4 heteroatoms. The smallest absolute Gasteiger partial charge is 0.224 e. The SMILES string of the molecule is O=C(Cc1ccccc1)NCCCN1CCNCC1. The van der Waals surface area contributed by atoms with Crippen LogP contribution in [0.25, 0.3) is 0 Å². The Bertz CT molecular complexity index is 374. The molecule has 1 aromatic carbocycles. The predicted octanol–water partition coefficient (Wildman–Crippen LogP) is 0.641. The maximum absolute atomic E-state index is 11.7. The lowest BCUT2D eigenvalue weighted by atomic mass is 10.1. The van der Waals surface area contributed by atoms with Crippen molar-refractivity contribution in [3.8, 4) is 0 Å². The van der Waals surface area contributed by atoms with Gasteiger partial charge in [0.15, 0.2) is 0 Å². The van der Waals surface area contributed by atoms with E-state index < -0.39 is 0 Å². The van der Waals surface area contributed by atoms with Crippen LogP contribution in [0.4, 0.5) is 0 Å².